The molecule has 2 aliphatic rings. The molecule has 2 unspecified atom stereocenters. The van der Waals surface area contributed by atoms with Gasteiger partial charge in [-0.2, -0.15) is 0 Å². The van der Waals surface area contributed by atoms with Crippen molar-refractivity contribution in [3.05, 3.63) is 23.4 Å². The summed E-state index contributed by atoms with van der Waals surface area (Å²) in [6, 6.07) is 5.56. The number of nitrogens with one attached hydrogen (secondary N) is 1. The number of hydrogen-bond acceptors (Lipinski definition) is 4. The second kappa shape index (κ2) is 5.70. The van der Waals surface area contributed by atoms with E-state index < -0.39 is 0 Å². The molecule has 0 aromatic carbocycles. The molecule has 1 aromatic heterocycles. The Morgan fingerprint density at radius 2 is 2.15 bits per heavy atom. The Balaban J connectivity index is 1.76. The lowest BCUT2D eigenvalue weighted by molar-refractivity contribution is 0.0340. The average Bonchev–Trinajstić information content (AvgIpc) is 3.23. The summed E-state index contributed by atoms with van der Waals surface area (Å²) < 4.78 is 5.71. The standard InChI is InChI=1S/C16H25N3O/c1-11-6-14(8-17-15-4-5-15)7-16(18-11)19-9-13(3)20-10-12(19)2/h6-7,12-13,15,17H,4-5,8-10H2,1-3H3. The van der Waals surface area contributed by atoms with E-state index >= 15 is 0 Å². The Kier molecular flexibility index (Phi) is 3.94. The van der Waals surface area contributed by atoms with E-state index in [0.717, 1.165) is 37.3 Å². The third-order valence-electron chi connectivity index (χ3n) is 4.07. The van der Waals surface area contributed by atoms with Crippen LogP contribution in [0.2, 0.25) is 0 Å². The second-order valence-corrected chi connectivity index (χ2v) is 6.28. The maximum absolute atomic E-state index is 5.71. The highest BCUT2D eigenvalue weighted by atomic mass is 16.5. The van der Waals surface area contributed by atoms with Gasteiger partial charge in [0.1, 0.15) is 5.82 Å². The van der Waals surface area contributed by atoms with Crippen LogP contribution in [0, 0.1) is 6.92 Å². The Morgan fingerprint density at radius 3 is 2.90 bits per heavy atom. The molecular weight excluding hydrogens is 250 g/mol. The Hall–Kier alpha value is -1.13. The predicted octanol–water partition coefficient (Wildman–Crippen LogP) is 2.26. The summed E-state index contributed by atoms with van der Waals surface area (Å²) in [4.78, 5) is 7.10. The fourth-order valence-electron chi connectivity index (χ4n) is 2.74. The maximum atomic E-state index is 5.71. The summed E-state index contributed by atoms with van der Waals surface area (Å²) in [5.74, 6) is 1.10. The minimum absolute atomic E-state index is 0.279. The number of rotatable bonds is 4. The molecule has 2 heterocycles. The topological polar surface area (TPSA) is 37.4 Å². The molecule has 20 heavy (non-hydrogen) atoms. The van der Waals surface area contributed by atoms with E-state index in [2.05, 4.69) is 43.1 Å². The summed E-state index contributed by atoms with van der Waals surface area (Å²) in [5.41, 5.74) is 2.44. The molecule has 0 bridgehead atoms. The van der Waals surface area contributed by atoms with Crippen LogP contribution in [0.1, 0.15) is 37.9 Å². The van der Waals surface area contributed by atoms with Crippen molar-refractivity contribution in [1.29, 1.82) is 0 Å². The van der Waals surface area contributed by atoms with E-state index in [9.17, 15) is 0 Å². The number of aryl methyl sites for hydroxylation is 1. The van der Waals surface area contributed by atoms with Crippen molar-refractivity contribution in [1.82, 2.24) is 10.3 Å². The van der Waals surface area contributed by atoms with Crippen LogP contribution in [-0.4, -0.2) is 36.3 Å². The first kappa shape index (κ1) is 13.8. The van der Waals surface area contributed by atoms with Crippen molar-refractivity contribution in [2.45, 2.75) is 58.3 Å². The normalized spacial score (nSPS) is 26.9. The maximum Gasteiger partial charge on any atom is 0.129 e. The van der Waals surface area contributed by atoms with Crippen molar-refractivity contribution < 1.29 is 4.74 Å². The van der Waals surface area contributed by atoms with Gasteiger partial charge in [-0.1, -0.05) is 0 Å². The molecule has 2 atom stereocenters. The summed E-state index contributed by atoms with van der Waals surface area (Å²) in [6.07, 6.45) is 2.94. The molecule has 1 aliphatic carbocycles. The van der Waals surface area contributed by atoms with Gasteiger partial charge in [0, 0.05) is 24.8 Å². The molecule has 1 N–H and O–H groups in total. The van der Waals surface area contributed by atoms with Crippen molar-refractivity contribution in [3.63, 3.8) is 0 Å². The molecule has 4 nitrogen and oxygen atoms in total. The first-order valence-electron chi connectivity index (χ1n) is 7.71. The molecule has 1 aromatic rings. The highest BCUT2D eigenvalue weighted by Crippen LogP contribution is 2.23. The van der Waals surface area contributed by atoms with Gasteiger partial charge < -0.3 is 15.0 Å². The Bertz CT molecular complexity index is 473. The number of nitrogens with zero attached hydrogens (tertiary/aromatic N) is 2. The molecule has 0 amide bonds. The molecule has 110 valence electrons. The second-order valence-electron chi connectivity index (χ2n) is 6.28. The van der Waals surface area contributed by atoms with E-state index in [1.54, 1.807) is 0 Å². The molecule has 3 rings (SSSR count). The van der Waals surface area contributed by atoms with Crippen LogP contribution in [0.5, 0.6) is 0 Å². The van der Waals surface area contributed by atoms with E-state index in [1.165, 1.54) is 18.4 Å². The monoisotopic (exact) mass is 275 g/mol. The number of ether oxygens (including phenoxy) is 1. The van der Waals surface area contributed by atoms with Crippen LogP contribution in [0.15, 0.2) is 12.1 Å². The lowest BCUT2D eigenvalue weighted by atomic mass is 10.1. The van der Waals surface area contributed by atoms with Gasteiger partial charge in [-0.15, -0.1) is 0 Å². The van der Waals surface area contributed by atoms with Gasteiger partial charge in [-0.05, 0) is 51.3 Å². The van der Waals surface area contributed by atoms with Gasteiger partial charge in [-0.25, -0.2) is 4.98 Å². The van der Waals surface area contributed by atoms with Crippen molar-refractivity contribution in [2.75, 3.05) is 18.1 Å². The van der Waals surface area contributed by atoms with Gasteiger partial charge in [0.15, 0.2) is 0 Å². The number of pyridine rings is 1. The summed E-state index contributed by atoms with van der Waals surface area (Å²) >= 11 is 0. The zero-order chi connectivity index (χ0) is 14.1. The van der Waals surface area contributed by atoms with Crippen LogP contribution < -0.4 is 10.2 Å². The number of aromatic nitrogens is 1. The van der Waals surface area contributed by atoms with Crippen molar-refractivity contribution in [3.8, 4) is 0 Å². The molecule has 2 fully saturated rings. The quantitative estimate of drug-likeness (QED) is 0.914. The Morgan fingerprint density at radius 1 is 1.35 bits per heavy atom. The van der Waals surface area contributed by atoms with Crippen LogP contribution in [0.25, 0.3) is 0 Å². The molecule has 0 spiro atoms. The van der Waals surface area contributed by atoms with Crippen LogP contribution in [-0.2, 0) is 11.3 Å². The Labute approximate surface area is 121 Å². The molecule has 4 heteroatoms. The predicted molar refractivity (Wildman–Crippen MR) is 81.1 cm³/mol. The molecule has 1 aliphatic heterocycles. The largest absolute Gasteiger partial charge is 0.375 e. The number of anilines is 1. The van der Waals surface area contributed by atoms with Crippen molar-refractivity contribution >= 4 is 5.82 Å². The first-order chi connectivity index (χ1) is 9.61. The van der Waals surface area contributed by atoms with Crippen LogP contribution >= 0.6 is 0 Å². The van der Waals surface area contributed by atoms with Gasteiger partial charge in [-0.3, -0.25) is 0 Å². The van der Waals surface area contributed by atoms with Gasteiger partial charge in [0.25, 0.3) is 0 Å². The third-order valence-corrected chi connectivity index (χ3v) is 4.07. The third kappa shape index (κ3) is 3.30. The van der Waals surface area contributed by atoms with Gasteiger partial charge in [0.2, 0.25) is 0 Å². The lowest BCUT2D eigenvalue weighted by Crippen LogP contribution is -2.47. The zero-order valence-corrected chi connectivity index (χ0v) is 12.7. The highest BCUT2D eigenvalue weighted by molar-refractivity contribution is 5.44. The minimum atomic E-state index is 0.279. The van der Waals surface area contributed by atoms with E-state index in [0.29, 0.717) is 6.04 Å². The van der Waals surface area contributed by atoms with Crippen LogP contribution in [0.4, 0.5) is 5.82 Å². The average molecular weight is 275 g/mol. The smallest absolute Gasteiger partial charge is 0.129 e. The SMILES string of the molecule is Cc1cc(CNC2CC2)cc(N2CC(C)OCC2C)n1. The molecule has 1 saturated heterocycles. The van der Waals surface area contributed by atoms with Crippen LogP contribution in [0.3, 0.4) is 0 Å². The molecule has 1 saturated carbocycles. The zero-order valence-electron chi connectivity index (χ0n) is 12.7. The summed E-state index contributed by atoms with van der Waals surface area (Å²) in [7, 11) is 0. The summed E-state index contributed by atoms with van der Waals surface area (Å²) in [5, 5.41) is 3.58. The van der Waals surface area contributed by atoms with Crippen molar-refractivity contribution in [2.24, 2.45) is 0 Å². The highest BCUT2D eigenvalue weighted by Gasteiger charge is 2.25. The minimum Gasteiger partial charge on any atom is -0.375 e. The van der Waals surface area contributed by atoms with E-state index in [4.69, 9.17) is 9.72 Å². The molecular formula is C16H25N3O. The van der Waals surface area contributed by atoms with E-state index in [1.807, 2.05) is 0 Å². The lowest BCUT2D eigenvalue weighted by Gasteiger charge is -2.38. The summed E-state index contributed by atoms with van der Waals surface area (Å²) in [6.45, 7) is 9.08. The fraction of sp³-hybridized carbons (Fsp3) is 0.688. The van der Waals surface area contributed by atoms with Gasteiger partial charge in [0.05, 0.1) is 18.8 Å². The number of morpholine rings is 1. The number of hydrogen-bond donors (Lipinski definition) is 1. The first-order valence-corrected chi connectivity index (χ1v) is 7.71. The molecule has 0 radical (unpaired) electrons. The van der Waals surface area contributed by atoms with Gasteiger partial charge >= 0.3 is 0 Å². The van der Waals surface area contributed by atoms with E-state index in [-0.39, 0.29) is 6.10 Å². The fourth-order valence-corrected chi connectivity index (χ4v) is 2.74.